The van der Waals surface area contributed by atoms with E-state index in [1.54, 1.807) is 11.8 Å². The number of amidine groups is 1. The summed E-state index contributed by atoms with van der Waals surface area (Å²) < 4.78 is 11.2. The first-order valence-electron chi connectivity index (χ1n) is 5.42. The molecule has 0 aromatic carbocycles. The van der Waals surface area contributed by atoms with Gasteiger partial charge >= 0.3 is 0 Å². The maximum absolute atomic E-state index is 11.2. The van der Waals surface area contributed by atoms with Crippen LogP contribution in [0, 0.1) is 5.92 Å². The Balaban J connectivity index is 2.31. The standard InChI is InChI=1S/C10H20N2OS2/c1-4-15(13)6-5-11-10-12-9(3)8(2)7-14-10/h8-9H,4-7H2,1-3H3,(H,11,12). The van der Waals surface area contributed by atoms with Gasteiger partial charge in [0.25, 0.3) is 0 Å². The number of aliphatic imine (C=N–C) groups is 1. The highest BCUT2D eigenvalue weighted by atomic mass is 32.2. The van der Waals surface area contributed by atoms with E-state index in [4.69, 9.17) is 0 Å². The van der Waals surface area contributed by atoms with Crippen molar-refractivity contribution in [1.29, 1.82) is 0 Å². The number of rotatable bonds is 4. The quantitative estimate of drug-likeness (QED) is 0.819. The topological polar surface area (TPSA) is 41.5 Å². The SMILES string of the molecule is CCS(=O)CCN=C1NC(C)C(C)CS1. The van der Waals surface area contributed by atoms with E-state index in [9.17, 15) is 4.21 Å². The van der Waals surface area contributed by atoms with Gasteiger partial charge in [-0.2, -0.15) is 0 Å². The van der Waals surface area contributed by atoms with Crippen molar-refractivity contribution in [2.24, 2.45) is 10.9 Å². The van der Waals surface area contributed by atoms with Crippen LogP contribution in [0.15, 0.2) is 4.99 Å². The second kappa shape index (κ2) is 6.53. The Morgan fingerprint density at radius 3 is 2.93 bits per heavy atom. The Kier molecular flexibility index (Phi) is 5.68. The van der Waals surface area contributed by atoms with Crippen molar-refractivity contribution in [1.82, 2.24) is 5.32 Å². The first kappa shape index (κ1) is 13.0. The molecule has 0 aliphatic carbocycles. The Bertz CT molecular complexity index is 256. The summed E-state index contributed by atoms with van der Waals surface area (Å²) in [5.41, 5.74) is 0. The van der Waals surface area contributed by atoms with Gasteiger partial charge in [0.05, 0.1) is 6.54 Å². The summed E-state index contributed by atoms with van der Waals surface area (Å²) in [6, 6.07) is 0.502. The Morgan fingerprint density at radius 1 is 1.60 bits per heavy atom. The third-order valence-electron chi connectivity index (χ3n) is 2.58. The molecule has 0 amide bonds. The normalized spacial score (nSPS) is 31.3. The zero-order valence-electron chi connectivity index (χ0n) is 9.66. The van der Waals surface area contributed by atoms with E-state index in [2.05, 4.69) is 24.2 Å². The fourth-order valence-corrected chi connectivity index (χ4v) is 2.96. The molecule has 0 aromatic heterocycles. The zero-order valence-corrected chi connectivity index (χ0v) is 11.3. The van der Waals surface area contributed by atoms with Gasteiger partial charge in [-0.3, -0.25) is 9.20 Å². The van der Waals surface area contributed by atoms with Crippen LogP contribution in [0.1, 0.15) is 20.8 Å². The predicted octanol–water partition coefficient (Wildman–Crippen LogP) is 1.47. The average molecular weight is 248 g/mol. The lowest BCUT2D eigenvalue weighted by molar-refractivity contribution is 0.490. The Morgan fingerprint density at radius 2 is 2.33 bits per heavy atom. The molecule has 1 heterocycles. The molecule has 3 nitrogen and oxygen atoms in total. The highest BCUT2D eigenvalue weighted by molar-refractivity contribution is 8.13. The van der Waals surface area contributed by atoms with Crippen molar-refractivity contribution in [3.8, 4) is 0 Å². The minimum Gasteiger partial charge on any atom is -0.362 e. The molecule has 0 radical (unpaired) electrons. The highest BCUT2D eigenvalue weighted by Crippen LogP contribution is 2.18. The molecule has 3 atom stereocenters. The lowest BCUT2D eigenvalue weighted by Crippen LogP contribution is -2.41. The first-order valence-corrected chi connectivity index (χ1v) is 7.89. The van der Waals surface area contributed by atoms with Crippen LogP contribution in [0.2, 0.25) is 0 Å². The summed E-state index contributed by atoms with van der Waals surface area (Å²) in [6.45, 7) is 7.05. The monoisotopic (exact) mass is 248 g/mol. The third kappa shape index (κ3) is 4.55. The van der Waals surface area contributed by atoms with E-state index >= 15 is 0 Å². The molecule has 1 saturated heterocycles. The molecular formula is C10H20N2OS2. The number of hydrogen-bond acceptors (Lipinski definition) is 3. The van der Waals surface area contributed by atoms with E-state index in [1.165, 1.54) is 0 Å². The Hall–Kier alpha value is -0.0300. The van der Waals surface area contributed by atoms with Gasteiger partial charge in [-0.15, -0.1) is 0 Å². The maximum atomic E-state index is 11.2. The summed E-state index contributed by atoms with van der Waals surface area (Å²) in [6.07, 6.45) is 0. The molecule has 1 fully saturated rings. The van der Waals surface area contributed by atoms with Crippen molar-refractivity contribution in [3.63, 3.8) is 0 Å². The van der Waals surface area contributed by atoms with Crippen molar-refractivity contribution in [2.75, 3.05) is 23.8 Å². The summed E-state index contributed by atoms with van der Waals surface area (Å²) in [7, 11) is -0.691. The van der Waals surface area contributed by atoms with Crippen molar-refractivity contribution < 1.29 is 4.21 Å². The van der Waals surface area contributed by atoms with E-state index in [0.29, 0.717) is 24.3 Å². The molecule has 1 rings (SSSR count). The number of thioether (sulfide) groups is 1. The van der Waals surface area contributed by atoms with Gasteiger partial charge in [-0.1, -0.05) is 25.6 Å². The van der Waals surface area contributed by atoms with Gasteiger partial charge in [0.1, 0.15) is 0 Å². The molecule has 0 aromatic rings. The summed E-state index contributed by atoms with van der Waals surface area (Å²) >= 11 is 1.77. The van der Waals surface area contributed by atoms with E-state index in [0.717, 1.165) is 16.7 Å². The maximum Gasteiger partial charge on any atom is 0.156 e. The van der Waals surface area contributed by atoms with Gasteiger partial charge in [-0.25, -0.2) is 0 Å². The van der Waals surface area contributed by atoms with Gasteiger partial charge in [0.2, 0.25) is 0 Å². The molecule has 5 heteroatoms. The molecule has 15 heavy (non-hydrogen) atoms. The molecule has 0 spiro atoms. The van der Waals surface area contributed by atoms with Crippen LogP contribution in [-0.2, 0) is 10.8 Å². The van der Waals surface area contributed by atoms with E-state index in [1.807, 2.05) is 6.92 Å². The lowest BCUT2D eigenvalue weighted by atomic mass is 10.1. The van der Waals surface area contributed by atoms with Crippen LogP contribution in [-0.4, -0.2) is 39.2 Å². The lowest BCUT2D eigenvalue weighted by Gasteiger charge is -2.28. The van der Waals surface area contributed by atoms with Crippen LogP contribution in [0.25, 0.3) is 0 Å². The third-order valence-corrected chi connectivity index (χ3v) is 5.08. The van der Waals surface area contributed by atoms with E-state index < -0.39 is 10.8 Å². The molecule has 3 unspecified atom stereocenters. The van der Waals surface area contributed by atoms with Crippen LogP contribution in [0.3, 0.4) is 0 Å². The second-order valence-corrected chi connectivity index (χ2v) is 6.71. The molecule has 1 aliphatic rings. The largest absolute Gasteiger partial charge is 0.362 e. The zero-order chi connectivity index (χ0) is 11.3. The molecule has 88 valence electrons. The Labute approximate surface area is 99.0 Å². The second-order valence-electron chi connectivity index (χ2n) is 3.84. The van der Waals surface area contributed by atoms with Crippen LogP contribution < -0.4 is 5.32 Å². The minimum atomic E-state index is -0.691. The molecule has 0 bridgehead atoms. The van der Waals surface area contributed by atoms with Crippen molar-refractivity contribution >= 4 is 27.7 Å². The molecule has 1 N–H and O–H groups in total. The van der Waals surface area contributed by atoms with Gasteiger partial charge in [0, 0.05) is 34.1 Å². The van der Waals surface area contributed by atoms with E-state index in [-0.39, 0.29) is 0 Å². The van der Waals surface area contributed by atoms with Gasteiger partial charge in [-0.05, 0) is 12.8 Å². The summed E-state index contributed by atoms with van der Waals surface area (Å²) in [5.74, 6) is 3.24. The minimum absolute atomic E-state index is 0.502. The van der Waals surface area contributed by atoms with Gasteiger partial charge < -0.3 is 5.32 Å². The van der Waals surface area contributed by atoms with Crippen molar-refractivity contribution in [2.45, 2.75) is 26.8 Å². The van der Waals surface area contributed by atoms with Crippen molar-refractivity contribution in [3.05, 3.63) is 0 Å². The average Bonchev–Trinajstić information content (AvgIpc) is 2.23. The molecule has 0 saturated carbocycles. The highest BCUT2D eigenvalue weighted by Gasteiger charge is 2.20. The van der Waals surface area contributed by atoms with Gasteiger partial charge in [0.15, 0.2) is 5.17 Å². The number of nitrogens with zero attached hydrogens (tertiary/aromatic N) is 1. The fourth-order valence-electron chi connectivity index (χ4n) is 1.22. The first-order chi connectivity index (χ1) is 7.13. The predicted molar refractivity (Wildman–Crippen MR) is 70.1 cm³/mol. The summed E-state index contributed by atoms with van der Waals surface area (Å²) in [4.78, 5) is 4.43. The number of nitrogens with one attached hydrogen (secondary N) is 1. The van der Waals surface area contributed by atoms with Crippen LogP contribution in [0.5, 0.6) is 0 Å². The molecule has 1 aliphatic heterocycles. The number of hydrogen-bond donors (Lipinski definition) is 1. The molecular weight excluding hydrogens is 228 g/mol. The van der Waals surface area contributed by atoms with Crippen LogP contribution >= 0.6 is 11.8 Å². The summed E-state index contributed by atoms with van der Waals surface area (Å²) in [5, 5.41) is 4.39. The smallest absolute Gasteiger partial charge is 0.156 e. The van der Waals surface area contributed by atoms with Crippen LogP contribution in [0.4, 0.5) is 0 Å². The fraction of sp³-hybridized carbons (Fsp3) is 0.900.